The molecule has 0 aliphatic rings. The number of amides is 5. The maximum Gasteiger partial charge on any atom is 0.336 e. The zero-order valence-corrected chi connectivity index (χ0v) is 22.7. The van der Waals surface area contributed by atoms with Crippen molar-refractivity contribution in [2.45, 2.75) is 39.3 Å². The standard InChI is InChI=1S/C28H31N5O8/c1-15-10-26(38)41-23-12-19(6-9-21(15)23)33-25(37)14-29-27(39)16(2)31-24(36)13-30-28(40)22(32-17(3)34)11-18-4-7-20(35)8-5-18/h4-10,12,16,22,35H,11,13-14H2,1-3H3,(H,29,39)(H,30,40)(H,31,36)(H,32,34)(H,33,37)/t16-,22-/m0/s1. The number of anilines is 1. The van der Waals surface area contributed by atoms with E-state index in [0.29, 0.717) is 16.8 Å². The van der Waals surface area contributed by atoms with Gasteiger partial charge in [0.1, 0.15) is 23.4 Å². The number of aryl methyl sites for hydroxylation is 1. The highest BCUT2D eigenvalue weighted by Crippen LogP contribution is 2.20. The molecular weight excluding hydrogens is 534 g/mol. The second kappa shape index (κ2) is 13.7. The van der Waals surface area contributed by atoms with Crippen LogP contribution in [0.1, 0.15) is 25.0 Å². The summed E-state index contributed by atoms with van der Waals surface area (Å²) in [6.07, 6.45) is 0.126. The second-order valence-corrected chi connectivity index (χ2v) is 9.36. The van der Waals surface area contributed by atoms with Crippen LogP contribution in [0.2, 0.25) is 0 Å². The van der Waals surface area contributed by atoms with Crippen LogP contribution >= 0.6 is 0 Å². The molecule has 3 aromatic rings. The Balaban J connectivity index is 1.44. The first-order valence-corrected chi connectivity index (χ1v) is 12.7. The van der Waals surface area contributed by atoms with Crippen LogP contribution in [0.4, 0.5) is 5.69 Å². The molecule has 2 atom stereocenters. The lowest BCUT2D eigenvalue weighted by Crippen LogP contribution is -2.52. The van der Waals surface area contributed by atoms with Crippen LogP contribution in [0.15, 0.2) is 57.7 Å². The molecule has 6 N–H and O–H groups in total. The van der Waals surface area contributed by atoms with E-state index < -0.39 is 53.8 Å². The molecule has 0 radical (unpaired) electrons. The molecule has 0 unspecified atom stereocenters. The number of aromatic hydroxyl groups is 1. The number of hydrogen-bond acceptors (Lipinski definition) is 8. The first-order chi connectivity index (χ1) is 19.4. The molecule has 0 aliphatic carbocycles. The SMILES string of the molecule is CC(=O)N[C@@H](Cc1ccc(O)cc1)C(=O)NCC(=O)N[C@@H](C)C(=O)NCC(=O)Nc1ccc2c(C)cc(=O)oc2c1. The lowest BCUT2D eigenvalue weighted by molar-refractivity contribution is -0.131. The molecule has 5 amide bonds. The van der Waals surface area contributed by atoms with Crippen molar-refractivity contribution in [2.75, 3.05) is 18.4 Å². The Bertz CT molecular complexity index is 1520. The van der Waals surface area contributed by atoms with E-state index in [2.05, 4.69) is 26.6 Å². The zero-order chi connectivity index (χ0) is 30.1. The summed E-state index contributed by atoms with van der Waals surface area (Å²) < 4.78 is 5.16. The van der Waals surface area contributed by atoms with E-state index in [1.807, 2.05) is 0 Å². The van der Waals surface area contributed by atoms with E-state index in [0.717, 1.165) is 10.9 Å². The van der Waals surface area contributed by atoms with Gasteiger partial charge in [0.2, 0.25) is 29.5 Å². The molecule has 41 heavy (non-hydrogen) atoms. The highest BCUT2D eigenvalue weighted by atomic mass is 16.4. The average Bonchev–Trinajstić information content (AvgIpc) is 2.90. The minimum Gasteiger partial charge on any atom is -0.508 e. The van der Waals surface area contributed by atoms with Crippen LogP contribution in [0, 0.1) is 6.92 Å². The Labute approximate surface area is 234 Å². The Morgan fingerprint density at radius 3 is 2.22 bits per heavy atom. The van der Waals surface area contributed by atoms with Crippen molar-refractivity contribution in [1.29, 1.82) is 0 Å². The van der Waals surface area contributed by atoms with Crippen LogP contribution < -0.4 is 32.2 Å². The van der Waals surface area contributed by atoms with Crippen LogP contribution in [-0.2, 0) is 30.4 Å². The minimum absolute atomic E-state index is 0.0564. The van der Waals surface area contributed by atoms with Gasteiger partial charge < -0.3 is 36.1 Å². The lowest BCUT2D eigenvalue weighted by atomic mass is 10.0. The first kappa shape index (κ1) is 30.3. The number of phenols is 1. The van der Waals surface area contributed by atoms with Crippen molar-refractivity contribution in [3.8, 4) is 5.75 Å². The molecule has 0 saturated heterocycles. The molecule has 0 spiro atoms. The van der Waals surface area contributed by atoms with Gasteiger partial charge in [-0.05, 0) is 49.2 Å². The largest absolute Gasteiger partial charge is 0.508 e. The number of fused-ring (bicyclic) bond motifs is 1. The molecule has 2 aromatic carbocycles. The van der Waals surface area contributed by atoms with Crippen molar-refractivity contribution >= 4 is 46.2 Å². The predicted octanol–water partition coefficient (Wildman–Crippen LogP) is 0.230. The van der Waals surface area contributed by atoms with Gasteiger partial charge in [-0.2, -0.15) is 0 Å². The summed E-state index contributed by atoms with van der Waals surface area (Å²) in [7, 11) is 0. The van der Waals surface area contributed by atoms with Crippen molar-refractivity contribution < 1.29 is 33.5 Å². The smallest absolute Gasteiger partial charge is 0.336 e. The van der Waals surface area contributed by atoms with E-state index >= 15 is 0 Å². The zero-order valence-electron chi connectivity index (χ0n) is 22.7. The fourth-order valence-corrected chi connectivity index (χ4v) is 3.90. The molecule has 13 heteroatoms. The molecule has 0 bridgehead atoms. The highest BCUT2D eigenvalue weighted by Gasteiger charge is 2.22. The van der Waals surface area contributed by atoms with Crippen LogP contribution in [0.25, 0.3) is 11.0 Å². The summed E-state index contributed by atoms with van der Waals surface area (Å²) in [5.74, 6) is -2.84. The number of carbonyl (C=O) groups excluding carboxylic acids is 5. The molecule has 0 saturated carbocycles. The highest BCUT2D eigenvalue weighted by molar-refractivity contribution is 5.97. The van der Waals surface area contributed by atoms with Gasteiger partial charge in [-0.1, -0.05) is 12.1 Å². The topological polar surface area (TPSA) is 196 Å². The molecule has 13 nitrogen and oxygen atoms in total. The molecule has 1 heterocycles. The number of benzene rings is 2. The molecule has 1 aromatic heterocycles. The normalized spacial score (nSPS) is 12.1. The number of carbonyl (C=O) groups is 5. The van der Waals surface area contributed by atoms with Gasteiger partial charge in [-0.15, -0.1) is 0 Å². The van der Waals surface area contributed by atoms with Crippen molar-refractivity contribution in [1.82, 2.24) is 21.3 Å². The summed E-state index contributed by atoms with van der Waals surface area (Å²) in [6, 6.07) is 10.3. The third-order valence-corrected chi connectivity index (χ3v) is 5.92. The maximum absolute atomic E-state index is 12.6. The van der Waals surface area contributed by atoms with E-state index in [1.54, 1.807) is 31.2 Å². The van der Waals surface area contributed by atoms with E-state index in [9.17, 15) is 33.9 Å². The fourth-order valence-electron chi connectivity index (χ4n) is 3.90. The Morgan fingerprint density at radius 2 is 1.54 bits per heavy atom. The van der Waals surface area contributed by atoms with E-state index in [-0.39, 0.29) is 18.7 Å². The molecule has 3 rings (SSSR count). The molecular formula is C28H31N5O8. The van der Waals surface area contributed by atoms with Gasteiger partial charge in [0.25, 0.3) is 0 Å². The van der Waals surface area contributed by atoms with Gasteiger partial charge in [-0.3, -0.25) is 24.0 Å². The summed E-state index contributed by atoms with van der Waals surface area (Å²) in [6.45, 7) is 3.59. The van der Waals surface area contributed by atoms with Crippen LogP contribution in [-0.4, -0.2) is 59.8 Å². The quantitative estimate of drug-likeness (QED) is 0.178. The summed E-state index contributed by atoms with van der Waals surface area (Å²) in [4.78, 5) is 72.7. The van der Waals surface area contributed by atoms with Crippen LogP contribution in [0.5, 0.6) is 5.75 Å². The van der Waals surface area contributed by atoms with E-state index in [4.69, 9.17) is 4.42 Å². The van der Waals surface area contributed by atoms with Crippen molar-refractivity contribution in [3.05, 3.63) is 70.1 Å². The Kier molecular flexibility index (Phi) is 10.2. The van der Waals surface area contributed by atoms with Gasteiger partial charge in [0.15, 0.2) is 0 Å². The molecule has 0 fully saturated rings. The Hall–Kier alpha value is -5.20. The van der Waals surface area contributed by atoms with Gasteiger partial charge in [0.05, 0.1) is 13.1 Å². The molecule has 216 valence electrons. The maximum atomic E-state index is 12.6. The summed E-state index contributed by atoms with van der Waals surface area (Å²) >= 11 is 0. The van der Waals surface area contributed by atoms with Crippen LogP contribution in [0.3, 0.4) is 0 Å². The summed E-state index contributed by atoms with van der Waals surface area (Å²) in [5.41, 5.74) is 1.58. The second-order valence-electron chi connectivity index (χ2n) is 9.36. The van der Waals surface area contributed by atoms with Crippen molar-refractivity contribution in [2.24, 2.45) is 0 Å². The average molecular weight is 566 g/mol. The molecule has 0 aliphatic heterocycles. The Morgan fingerprint density at radius 1 is 0.878 bits per heavy atom. The minimum atomic E-state index is -1.02. The van der Waals surface area contributed by atoms with Crippen molar-refractivity contribution in [3.63, 3.8) is 0 Å². The van der Waals surface area contributed by atoms with E-state index in [1.165, 1.54) is 38.1 Å². The fraction of sp³-hybridized carbons (Fsp3) is 0.286. The number of hydrogen-bond donors (Lipinski definition) is 6. The number of nitrogens with one attached hydrogen (secondary N) is 5. The number of rotatable bonds is 11. The lowest BCUT2D eigenvalue weighted by Gasteiger charge is -2.18. The summed E-state index contributed by atoms with van der Waals surface area (Å²) in [5, 5.41) is 22.5. The predicted molar refractivity (Wildman–Crippen MR) is 149 cm³/mol. The monoisotopic (exact) mass is 565 g/mol. The van der Waals surface area contributed by atoms with Gasteiger partial charge >= 0.3 is 5.63 Å². The first-order valence-electron chi connectivity index (χ1n) is 12.7. The third-order valence-electron chi connectivity index (χ3n) is 5.92. The third kappa shape index (κ3) is 9.20. The number of phenolic OH excluding ortho intramolecular Hbond substituents is 1. The van der Waals surface area contributed by atoms with Gasteiger partial charge in [-0.25, -0.2) is 4.79 Å². The van der Waals surface area contributed by atoms with Gasteiger partial charge in [0, 0.05) is 36.6 Å².